The summed E-state index contributed by atoms with van der Waals surface area (Å²) in [5.41, 5.74) is 0. The van der Waals surface area contributed by atoms with Gasteiger partial charge in [0, 0.05) is 0 Å². The van der Waals surface area contributed by atoms with Crippen molar-refractivity contribution in [3.8, 4) is 0 Å². The Morgan fingerprint density at radius 1 is 0.737 bits per heavy atom. The van der Waals surface area contributed by atoms with E-state index >= 15 is 0 Å². The van der Waals surface area contributed by atoms with Crippen molar-refractivity contribution >= 4 is 24.6 Å². The van der Waals surface area contributed by atoms with Crippen LogP contribution < -0.4 is 0 Å². The van der Waals surface area contributed by atoms with Gasteiger partial charge in [-0.15, -0.1) is 0 Å². The molecule has 1 unspecified atom stereocenters. The van der Waals surface area contributed by atoms with Crippen molar-refractivity contribution < 1.29 is 58.6 Å². The van der Waals surface area contributed by atoms with Crippen molar-refractivity contribution in [1.82, 2.24) is 0 Å². The molecule has 1 atom stereocenters. The van der Waals surface area contributed by atoms with Crippen LogP contribution in [0.1, 0.15) is 0 Å². The van der Waals surface area contributed by atoms with Gasteiger partial charge in [-0.25, -0.2) is 19.2 Å². The molecule has 0 spiro atoms. The van der Waals surface area contributed by atoms with E-state index in [9.17, 15) is 19.2 Å². The van der Waals surface area contributed by atoms with E-state index in [-0.39, 0.29) is 0 Å². The third-order valence-electron chi connectivity index (χ3n) is 1.36. The molecule has 0 bridgehead atoms. The molecule has 4 N–H and O–H groups in total. The van der Waals surface area contributed by atoms with Gasteiger partial charge >= 0.3 is 24.6 Å². The summed E-state index contributed by atoms with van der Waals surface area (Å²) in [5, 5.41) is 33.1. The molecule has 0 aromatic rings. The Morgan fingerprint density at radius 2 is 1.16 bits per heavy atom. The largest absolute Gasteiger partial charge is 0.509 e. The van der Waals surface area contributed by atoms with Gasteiger partial charge in [-0.1, -0.05) is 0 Å². The van der Waals surface area contributed by atoms with Gasteiger partial charge in [0.2, 0.25) is 6.10 Å². The Kier molecular flexibility index (Phi) is 6.27. The van der Waals surface area contributed by atoms with Gasteiger partial charge < -0.3 is 39.4 Å². The van der Waals surface area contributed by atoms with Crippen molar-refractivity contribution in [2.45, 2.75) is 12.4 Å². The van der Waals surface area contributed by atoms with Crippen LogP contribution in [0.3, 0.4) is 0 Å². The van der Waals surface area contributed by atoms with Gasteiger partial charge in [0.15, 0.2) is 0 Å². The monoisotopic (exact) mass is 284 g/mol. The fourth-order valence-corrected chi connectivity index (χ4v) is 0.826. The van der Waals surface area contributed by atoms with Gasteiger partial charge in [-0.05, 0) is 0 Å². The summed E-state index contributed by atoms with van der Waals surface area (Å²) < 4.78 is 15.8. The van der Waals surface area contributed by atoms with Crippen LogP contribution in [0, 0.1) is 0 Å². The Balaban J connectivity index is 4.85. The maximum atomic E-state index is 10.3. The first-order chi connectivity index (χ1) is 8.72. The molecule has 0 aliphatic rings. The van der Waals surface area contributed by atoms with Crippen molar-refractivity contribution in [1.29, 1.82) is 0 Å². The average Bonchev–Trinajstić information content (AvgIpc) is 2.21. The van der Waals surface area contributed by atoms with E-state index in [0.29, 0.717) is 0 Å². The van der Waals surface area contributed by atoms with Crippen LogP contribution >= 0.6 is 0 Å². The second-order valence-electron chi connectivity index (χ2n) is 2.64. The molecule has 12 nitrogen and oxygen atoms in total. The van der Waals surface area contributed by atoms with E-state index in [2.05, 4.69) is 18.9 Å². The summed E-state index contributed by atoms with van der Waals surface area (Å²) in [6, 6.07) is 0. The maximum Gasteiger partial charge on any atom is 0.509 e. The highest BCUT2D eigenvalue weighted by Gasteiger charge is 2.34. The predicted octanol–water partition coefficient (Wildman–Crippen LogP) is 0.460. The first-order valence-corrected chi connectivity index (χ1v) is 4.26. The van der Waals surface area contributed by atoms with Crippen LogP contribution in [-0.4, -0.2) is 64.0 Å². The zero-order chi connectivity index (χ0) is 15.0. The van der Waals surface area contributed by atoms with Gasteiger partial charge in [0.1, 0.15) is 6.61 Å². The van der Waals surface area contributed by atoms with E-state index in [4.69, 9.17) is 20.4 Å². The Bertz CT molecular complexity index is 345. The zero-order valence-corrected chi connectivity index (χ0v) is 8.92. The van der Waals surface area contributed by atoms with Gasteiger partial charge in [0.05, 0.1) is 0 Å². The first kappa shape index (κ1) is 16.1. The minimum absolute atomic E-state index is 1.03. The lowest BCUT2D eigenvalue weighted by atomic mass is 10.3. The number of carbonyl (C=O) groups is 4. The van der Waals surface area contributed by atoms with Crippen molar-refractivity contribution in [2.24, 2.45) is 0 Å². The van der Waals surface area contributed by atoms with Crippen molar-refractivity contribution in [2.75, 3.05) is 6.61 Å². The number of carboxylic acid groups (broad SMARTS) is 4. The number of hydrogen-bond acceptors (Lipinski definition) is 8. The standard InChI is InChI=1S/C7H8O12/c8-4(9)16-1-2(17-5(10)11)3(18-6(12)13)19-7(14)15/h2-3H,1H2,(H,8,9)(H,10,11)(H,12,13)(H,14,15). The van der Waals surface area contributed by atoms with Crippen LogP contribution in [-0.2, 0) is 18.9 Å². The second kappa shape index (κ2) is 7.41. The van der Waals surface area contributed by atoms with Crippen LogP contribution in [0.2, 0.25) is 0 Å². The molecule has 0 rings (SSSR count). The molecule has 12 heteroatoms. The summed E-state index contributed by atoms with van der Waals surface area (Å²) in [4.78, 5) is 40.9. The molecule has 0 aliphatic carbocycles. The number of ether oxygens (including phenoxy) is 4. The third-order valence-corrected chi connectivity index (χ3v) is 1.36. The topological polar surface area (TPSA) is 186 Å². The fraction of sp³-hybridized carbons (Fsp3) is 0.429. The molecule has 108 valence electrons. The van der Waals surface area contributed by atoms with Crippen molar-refractivity contribution in [3.63, 3.8) is 0 Å². The van der Waals surface area contributed by atoms with Gasteiger partial charge in [0.25, 0.3) is 6.29 Å². The van der Waals surface area contributed by atoms with Crippen LogP contribution in [0.15, 0.2) is 0 Å². The van der Waals surface area contributed by atoms with E-state index in [1.807, 2.05) is 0 Å². The highest BCUT2D eigenvalue weighted by molar-refractivity contribution is 5.60. The Labute approximate surface area is 103 Å². The first-order valence-electron chi connectivity index (χ1n) is 4.26. The third kappa shape index (κ3) is 7.89. The minimum Gasteiger partial charge on any atom is -0.450 e. The molecule has 0 aliphatic heterocycles. The van der Waals surface area contributed by atoms with Crippen LogP contribution in [0.25, 0.3) is 0 Å². The number of rotatable bonds is 6. The molecule has 0 amide bonds. The van der Waals surface area contributed by atoms with Gasteiger partial charge in [-0.2, -0.15) is 0 Å². The normalized spacial score (nSPS) is 11.2. The molecule has 0 aromatic heterocycles. The van der Waals surface area contributed by atoms with Crippen molar-refractivity contribution in [3.05, 3.63) is 0 Å². The number of hydrogen-bond donors (Lipinski definition) is 4. The molecule has 0 heterocycles. The van der Waals surface area contributed by atoms with E-state index in [1.54, 1.807) is 0 Å². The Morgan fingerprint density at radius 3 is 1.47 bits per heavy atom. The Hall–Kier alpha value is -2.92. The zero-order valence-electron chi connectivity index (χ0n) is 8.92. The highest BCUT2D eigenvalue weighted by atomic mass is 16.8. The molecular weight excluding hydrogens is 276 g/mol. The summed E-state index contributed by atoms with van der Waals surface area (Å²) in [6.45, 7) is -1.03. The molecule has 0 radical (unpaired) electrons. The van der Waals surface area contributed by atoms with Crippen LogP contribution in [0.5, 0.6) is 0 Å². The predicted molar refractivity (Wildman–Crippen MR) is 48.9 cm³/mol. The summed E-state index contributed by atoms with van der Waals surface area (Å²) in [7, 11) is 0. The SMILES string of the molecule is O=C(O)OCC(OC(=O)O)C(OC(=O)O)OC(=O)O. The molecule has 0 aromatic carbocycles. The molecular formula is C7H8O12. The highest BCUT2D eigenvalue weighted by Crippen LogP contribution is 2.09. The molecule has 0 saturated heterocycles. The summed E-state index contributed by atoms with van der Waals surface area (Å²) in [6.07, 6.45) is -12.0. The second-order valence-corrected chi connectivity index (χ2v) is 2.64. The lowest BCUT2D eigenvalue weighted by Gasteiger charge is -2.22. The molecule has 0 saturated carbocycles. The maximum absolute atomic E-state index is 10.3. The average molecular weight is 284 g/mol. The summed E-state index contributed by atoms with van der Waals surface area (Å²) >= 11 is 0. The lowest BCUT2D eigenvalue weighted by Crippen LogP contribution is -2.41. The van der Waals surface area contributed by atoms with E-state index < -0.39 is 43.6 Å². The lowest BCUT2D eigenvalue weighted by molar-refractivity contribution is -0.163. The smallest absolute Gasteiger partial charge is 0.450 e. The molecule has 0 fully saturated rings. The van der Waals surface area contributed by atoms with E-state index in [1.165, 1.54) is 0 Å². The minimum atomic E-state index is -2.24. The fourth-order valence-electron chi connectivity index (χ4n) is 0.826. The van der Waals surface area contributed by atoms with Crippen LogP contribution in [0.4, 0.5) is 19.2 Å². The summed E-state index contributed by atoms with van der Waals surface area (Å²) in [5.74, 6) is 0. The van der Waals surface area contributed by atoms with E-state index in [0.717, 1.165) is 0 Å². The quantitative estimate of drug-likeness (QED) is 0.300. The van der Waals surface area contributed by atoms with Gasteiger partial charge in [-0.3, -0.25) is 0 Å². The molecule has 19 heavy (non-hydrogen) atoms.